The van der Waals surface area contributed by atoms with Crippen LogP contribution < -0.4 is 16.0 Å². The van der Waals surface area contributed by atoms with Crippen molar-refractivity contribution in [1.29, 1.82) is 0 Å². The maximum absolute atomic E-state index is 13.8. The molecule has 0 unspecified atom stereocenters. The molecule has 6 rings (SSSR count). The molecule has 101 heavy (non-hydrogen) atoms. The summed E-state index contributed by atoms with van der Waals surface area (Å²) in [4.78, 5) is 51.9. The Labute approximate surface area is 582 Å². The average molecular weight is 1470 g/mol. The first-order chi connectivity index (χ1) is 47.9. The lowest BCUT2D eigenvalue weighted by Crippen LogP contribution is -2.72. The van der Waals surface area contributed by atoms with Crippen LogP contribution >= 0.6 is 0 Å². The van der Waals surface area contributed by atoms with Crippen molar-refractivity contribution in [2.75, 3.05) is 39.6 Å². The number of aliphatic carboxylic acids is 1. The van der Waals surface area contributed by atoms with Gasteiger partial charge in [0.15, 0.2) is 31.5 Å². The first-order valence-electron chi connectivity index (χ1n) is 34.4. The van der Waals surface area contributed by atoms with E-state index in [0.29, 0.717) is 6.42 Å². The molecule has 0 bridgehead atoms. The molecule has 38 heteroatoms. The van der Waals surface area contributed by atoms with Gasteiger partial charge in [0.05, 0.1) is 70.0 Å². The number of rotatable bonds is 38. The molecule has 22 N–H and O–H groups in total. The van der Waals surface area contributed by atoms with Gasteiger partial charge in [0.25, 0.3) is 5.79 Å². The van der Waals surface area contributed by atoms with E-state index in [0.717, 1.165) is 46.0 Å². The quantitative estimate of drug-likeness (QED) is 0.0202. The Morgan fingerprint density at radius 1 is 0.515 bits per heavy atom. The minimum Gasteiger partial charge on any atom is -0.477 e. The number of hydrogen-bond acceptors (Lipinski definition) is 34. The van der Waals surface area contributed by atoms with E-state index < -0.39 is 272 Å². The number of amides is 3. The van der Waals surface area contributed by atoms with Gasteiger partial charge in [-0.05, 0) is 19.8 Å². The van der Waals surface area contributed by atoms with E-state index in [1.54, 1.807) is 6.08 Å². The monoisotopic (exact) mass is 1470 g/mol. The Morgan fingerprint density at radius 2 is 1.01 bits per heavy atom. The minimum atomic E-state index is -3.43. The van der Waals surface area contributed by atoms with Crippen molar-refractivity contribution in [3.8, 4) is 0 Å². The van der Waals surface area contributed by atoms with Gasteiger partial charge in [-0.1, -0.05) is 83.3 Å². The predicted octanol–water partition coefficient (Wildman–Crippen LogP) is -8.43. The number of carbonyl (C=O) groups excluding carboxylic acids is 3. The van der Waals surface area contributed by atoms with Crippen molar-refractivity contribution in [2.24, 2.45) is 0 Å². The number of nitrogens with one attached hydrogen (secondary N) is 3. The molecule has 6 aliphatic rings. The van der Waals surface area contributed by atoms with E-state index in [-0.39, 0.29) is 0 Å². The zero-order valence-corrected chi connectivity index (χ0v) is 57.1. The molecule has 6 heterocycles. The third kappa shape index (κ3) is 22.5. The average Bonchev–Trinajstić information content (AvgIpc) is 0.750. The zero-order valence-electron chi connectivity index (χ0n) is 57.1. The molecule has 0 saturated carbocycles. The molecule has 0 aromatic carbocycles. The second kappa shape index (κ2) is 40.9. The molecule has 6 fully saturated rings. The molecule has 6 aliphatic heterocycles. The lowest BCUT2D eigenvalue weighted by molar-refractivity contribution is -0.405. The van der Waals surface area contributed by atoms with Crippen LogP contribution in [0, 0.1) is 0 Å². The lowest BCUT2D eigenvalue weighted by atomic mass is 9.88. The summed E-state index contributed by atoms with van der Waals surface area (Å²) in [5.41, 5.74) is 0. The van der Waals surface area contributed by atoms with Gasteiger partial charge in [-0.2, -0.15) is 0 Å². The molecule has 3 amide bonds. The highest BCUT2D eigenvalue weighted by molar-refractivity contribution is 5.77. The van der Waals surface area contributed by atoms with Crippen molar-refractivity contribution >= 4 is 23.7 Å². The van der Waals surface area contributed by atoms with Crippen LogP contribution in [0.2, 0.25) is 0 Å². The topological polar surface area (TPSA) is 600 Å². The fourth-order valence-electron chi connectivity index (χ4n) is 13.1. The van der Waals surface area contributed by atoms with Crippen LogP contribution in [0.5, 0.6) is 0 Å². The second-order valence-corrected chi connectivity index (χ2v) is 26.5. The fraction of sp³-hybridized carbons (Fsp3) is 0.905. The third-order valence-corrected chi connectivity index (χ3v) is 18.7. The maximum atomic E-state index is 13.8. The predicted molar refractivity (Wildman–Crippen MR) is 336 cm³/mol. The highest BCUT2D eigenvalue weighted by Crippen LogP contribution is 2.42. The lowest BCUT2D eigenvalue weighted by Gasteiger charge is -2.53. The molecule has 33 atom stereocenters. The highest BCUT2D eigenvalue weighted by atomic mass is 16.8. The van der Waals surface area contributed by atoms with Crippen LogP contribution in [0.4, 0.5) is 0 Å². The SMILES string of the molecule is CCCCCCCCCCCCC/C=C/[C@@H](O)[C@H](CO[C@@H]1O[C@H](CO)[C@@H](O[C@@H]2O[C@H](CO)[C@H](O[C@@H]3O[C@H](CO)[C@H](O)[C@H](O[C@@H]4O[C@H](CO)[C@H](O)[C@H](O)[C@H]4O[C@@H]4O[C@@H](C)[C@@H](O)[C@@H](O)[C@@H]4O)[C@H]3NC(C)=O)[C@H](O[C@]3(C(=O)O)C[C@H](O)[C@@H](NC(C)=O)[C@H]([C@H](O)[C@H](O)CO)O3)[C@H]2O)[C@H](O)[C@H]1O)NC(C)=O. The molecular weight excluding hydrogens is 1360 g/mol. The van der Waals surface area contributed by atoms with Gasteiger partial charge in [-0.3, -0.25) is 14.4 Å². The largest absolute Gasteiger partial charge is 0.477 e. The summed E-state index contributed by atoms with van der Waals surface area (Å²) < 4.78 is 71.6. The van der Waals surface area contributed by atoms with Gasteiger partial charge in [0.2, 0.25) is 17.7 Å². The fourth-order valence-corrected chi connectivity index (χ4v) is 13.1. The van der Waals surface area contributed by atoms with Gasteiger partial charge in [-0.25, -0.2) is 4.79 Å². The van der Waals surface area contributed by atoms with E-state index in [9.17, 15) is 116 Å². The summed E-state index contributed by atoms with van der Waals surface area (Å²) in [6.07, 6.45) is -44.6. The van der Waals surface area contributed by atoms with Crippen molar-refractivity contribution in [3.05, 3.63) is 12.2 Å². The number of allylic oxidation sites excluding steroid dienone is 1. The van der Waals surface area contributed by atoms with Crippen LogP contribution in [-0.4, -0.2) is 362 Å². The van der Waals surface area contributed by atoms with Crippen molar-refractivity contribution in [2.45, 2.75) is 320 Å². The third-order valence-electron chi connectivity index (χ3n) is 18.7. The maximum Gasteiger partial charge on any atom is 0.364 e. The van der Waals surface area contributed by atoms with E-state index in [1.807, 2.05) is 0 Å². The molecule has 586 valence electrons. The number of carboxylic acids is 1. The van der Waals surface area contributed by atoms with Crippen molar-refractivity contribution < 1.29 is 173 Å². The summed E-state index contributed by atoms with van der Waals surface area (Å²) in [6, 6.07) is -4.98. The van der Waals surface area contributed by atoms with Crippen LogP contribution in [0.25, 0.3) is 0 Å². The van der Waals surface area contributed by atoms with Gasteiger partial charge in [0.1, 0.15) is 134 Å². The smallest absolute Gasteiger partial charge is 0.364 e. The molecule has 0 radical (unpaired) electrons. The number of carbonyl (C=O) groups is 4. The van der Waals surface area contributed by atoms with Crippen LogP contribution in [0.1, 0.15) is 118 Å². The van der Waals surface area contributed by atoms with Gasteiger partial charge < -0.3 is 170 Å². The molecule has 0 aromatic heterocycles. The first-order valence-corrected chi connectivity index (χ1v) is 34.4. The van der Waals surface area contributed by atoms with Gasteiger partial charge >= 0.3 is 5.97 Å². The minimum absolute atomic E-state index is 0.563. The van der Waals surface area contributed by atoms with E-state index in [1.165, 1.54) is 58.4 Å². The molecular formula is C63H109N3O35. The van der Waals surface area contributed by atoms with Crippen LogP contribution in [0.15, 0.2) is 12.2 Å². The van der Waals surface area contributed by atoms with Crippen molar-refractivity contribution in [3.63, 3.8) is 0 Å². The molecule has 0 aromatic rings. The Kier molecular flexibility index (Phi) is 35.0. The van der Waals surface area contributed by atoms with Crippen molar-refractivity contribution in [1.82, 2.24) is 16.0 Å². The summed E-state index contributed by atoms with van der Waals surface area (Å²) >= 11 is 0. The Balaban J connectivity index is 1.31. The highest BCUT2D eigenvalue weighted by Gasteiger charge is 2.63. The molecule has 0 spiro atoms. The first kappa shape index (κ1) is 86.3. The molecule has 6 saturated heterocycles. The Morgan fingerprint density at radius 3 is 1.58 bits per heavy atom. The summed E-state index contributed by atoms with van der Waals surface area (Å²) in [7, 11) is 0. The second-order valence-electron chi connectivity index (χ2n) is 26.5. The van der Waals surface area contributed by atoms with Gasteiger partial charge in [-0.15, -0.1) is 0 Å². The van der Waals surface area contributed by atoms with E-state index in [2.05, 4.69) is 22.9 Å². The number of unbranched alkanes of at least 4 members (excludes halogenated alkanes) is 11. The number of aliphatic hydroxyl groups excluding tert-OH is 18. The Hall–Kier alpha value is -3.58. The molecule has 38 nitrogen and oxygen atoms in total. The summed E-state index contributed by atoms with van der Waals surface area (Å²) in [6.45, 7) is 0.165. The number of hydrogen-bond donors (Lipinski definition) is 22. The van der Waals surface area contributed by atoms with Crippen LogP contribution in [-0.2, 0) is 76.0 Å². The van der Waals surface area contributed by atoms with E-state index >= 15 is 0 Å². The Bertz CT molecular complexity index is 2520. The standard InChI is InChI=1S/C63H109N3O35/c1-6-7-8-9-10-11-12-13-14-15-16-17-18-19-32(75)31(64-28(3)72)26-90-58-49(86)47(84)51(37(24-70)94-58)96-60-50(87)55(101-63(62(88)89)20-33(76)39(65-29(4)73)54(100-63)42(79)34(77)21-67)52(38(25-71)95-60)97-57-40(66-30(5)74)53(44(81)36(23-69)92-57)98-61-56(46(83)43(80)35(22-68)93-61)99-59-48(85)45(82)41(78)27(2)91-59/h18-19,27,31-61,67-71,75-87H,6-17,20-26H2,1-5H3,(H,64,72)(H,65,73)(H,66,74)(H,88,89)/b19-18+/t27-,31-,32+,33-,34+,35+,36+,37+,38+,39+,40+,41+,42+,43-,44-,45+,46-,47+,48-,49+,50+,51+,52-,53+,54+,55+,56+,57-,58+,59-,60-,61-,63-/m0/s1. The van der Waals surface area contributed by atoms with E-state index in [4.69, 9.17) is 56.8 Å². The number of aliphatic hydroxyl groups is 18. The summed E-state index contributed by atoms with van der Waals surface area (Å²) in [5, 5.41) is 219. The number of ether oxygens (including phenoxy) is 12. The zero-order chi connectivity index (χ0) is 74.7. The van der Waals surface area contributed by atoms with Crippen LogP contribution in [0.3, 0.4) is 0 Å². The van der Waals surface area contributed by atoms with Gasteiger partial charge in [0, 0.05) is 27.2 Å². The molecule has 0 aliphatic carbocycles. The number of carboxylic acid groups (broad SMARTS) is 1. The normalized spacial score (nSPS) is 40.5. The summed E-state index contributed by atoms with van der Waals surface area (Å²) in [5.74, 6) is -8.08.